The van der Waals surface area contributed by atoms with Gasteiger partial charge in [-0.3, -0.25) is 10.1 Å². The van der Waals surface area contributed by atoms with Crippen molar-refractivity contribution in [3.63, 3.8) is 0 Å². The Morgan fingerprint density at radius 1 is 1.14 bits per heavy atom. The van der Waals surface area contributed by atoms with E-state index < -0.39 is 20.4 Å². The number of rotatable bonds is 7. The van der Waals surface area contributed by atoms with E-state index in [0.29, 0.717) is 17.2 Å². The number of hydrogen-bond donors (Lipinski definition) is 1. The van der Waals surface area contributed by atoms with Crippen molar-refractivity contribution in [1.29, 1.82) is 0 Å². The van der Waals surface area contributed by atoms with Gasteiger partial charge >= 0.3 is 5.69 Å². The maximum Gasteiger partial charge on any atom is 0.310 e. The topological polar surface area (TPSA) is 111 Å². The normalized spacial score (nSPS) is 11.1. The van der Waals surface area contributed by atoms with Crippen LogP contribution in [0.2, 0.25) is 0 Å². The van der Waals surface area contributed by atoms with Crippen molar-refractivity contribution >= 4 is 21.2 Å². The molecule has 150 valence electrons. The molecule has 0 spiro atoms. The number of benzene rings is 2. The zero-order chi connectivity index (χ0) is 21.0. The van der Waals surface area contributed by atoms with Crippen LogP contribution >= 0.6 is 0 Å². The Kier molecular flexibility index (Phi) is 5.74. The van der Waals surface area contributed by atoms with Gasteiger partial charge in [0.05, 0.1) is 4.92 Å². The molecule has 0 bridgehead atoms. The van der Waals surface area contributed by atoms with E-state index in [-0.39, 0.29) is 22.9 Å². The molecule has 0 fully saturated rings. The number of pyridine rings is 1. The molecule has 2 aromatic carbocycles. The lowest BCUT2D eigenvalue weighted by molar-refractivity contribution is -0.386. The predicted octanol–water partition coefficient (Wildman–Crippen LogP) is 3.94. The minimum atomic E-state index is -3.76. The van der Waals surface area contributed by atoms with Crippen LogP contribution in [0.5, 0.6) is 11.6 Å². The van der Waals surface area contributed by atoms with Gasteiger partial charge in [0.25, 0.3) is 0 Å². The Morgan fingerprint density at radius 2 is 1.86 bits per heavy atom. The smallest absolute Gasteiger partial charge is 0.310 e. The first-order valence-electron chi connectivity index (χ1n) is 8.34. The number of halogens is 1. The third-order valence-corrected chi connectivity index (χ3v) is 5.03. The lowest BCUT2D eigenvalue weighted by Gasteiger charge is -2.10. The number of sulfone groups is 1. The minimum Gasteiger partial charge on any atom is -0.439 e. The largest absolute Gasteiger partial charge is 0.439 e. The molecule has 0 amide bonds. The van der Waals surface area contributed by atoms with Crippen LogP contribution in [0.15, 0.2) is 65.7 Å². The third-order valence-electron chi connectivity index (χ3n) is 3.90. The van der Waals surface area contributed by atoms with E-state index in [2.05, 4.69) is 10.3 Å². The summed E-state index contributed by atoms with van der Waals surface area (Å²) in [5, 5.41) is 14.3. The fraction of sp³-hybridized carbons (Fsp3) is 0.105. The highest BCUT2D eigenvalue weighted by molar-refractivity contribution is 7.90. The lowest BCUT2D eigenvalue weighted by Crippen LogP contribution is -2.08. The van der Waals surface area contributed by atoms with Gasteiger partial charge in [-0.15, -0.1) is 0 Å². The quantitative estimate of drug-likeness (QED) is 0.458. The molecule has 0 aliphatic heterocycles. The van der Waals surface area contributed by atoms with Gasteiger partial charge in [0.15, 0.2) is 9.84 Å². The molecule has 1 heterocycles. The average Bonchev–Trinajstić information content (AvgIpc) is 2.68. The molecule has 0 atom stereocenters. The molecule has 3 rings (SSSR count). The van der Waals surface area contributed by atoms with E-state index in [0.717, 1.165) is 6.26 Å². The molecule has 0 aliphatic carbocycles. The van der Waals surface area contributed by atoms with E-state index in [1.807, 2.05) is 0 Å². The van der Waals surface area contributed by atoms with Crippen LogP contribution in [0.1, 0.15) is 5.56 Å². The number of para-hydroxylation sites is 1. The maximum atomic E-state index is 12.9. The number of hydrogen-bond acceptors (Lipinski definition) is 7. The summed E-state index contributed by atoms with van der Waals surface area (Å²) in [6, 6.07) is 12.8. The molecule has 8 nitrogen and oxygen atoms in total. The van der Waals surface area contributed by atoms with Crippen LogP contribution in [0.4, 0.5) is 15.8 Å². The summed E-state index contributed by atoms with van der Waals surface area (Å²) in [6.45, 7) is 0.178. The summed E-state index contributed by atoms with van der Waals surface area (Å²) in [5.41, 5.74) is 0.277. The monoisotopic (exact) mass is 417 g/mol. The van der Waals surface area contributed by atoms with Crippen molar-refractivity contribution in [2.45, 2.75) is 11.4 Å². The Hall–Kier alpha value is -3.53. The van der Waals surface area contributed by atoms with Crippen LogP contribution in [-0.2, 0) is 16.4 Å². The minimum absolute atomic E-state index is 0.0876. The Morgan fingerprint density at radius 3 is 2.45 bits per heavy atom. The molecular weight excluding hydrogens is 401 g/mol. The summed E-state index contributed by atoms with van der Waals surface area (Å²) in [4.78, 5) is 14.4. The van der Waals surface area contributed by atoms with E-state index >= 15 is 0 Å². The summed E-state index contributed by atoms with van der Waals surface area (Å²) >= 11 is 0. The van der Waals surface area contributed by atoms with Gasteiger partial charge in [-0.05, 0) is 42.0 Å². The Bertz CT molecular complexity index is 1130. The third kappa shape index (κ3) is 5.05. The molecule has 10 heteroatoms. The molecule has 0 saturated carbocycles. The fourth-order valence-corrected chi connectivity index (χ4v) is 3.41. The van der Waals surface area contributed by atoms with Crippen LogP contribution in [0.25, 0.3) is 0 Å². The molecular formula is C19H16FN3O5S. The summed E-state index contributed by atoms with van der Waals surface area (Å²) in [7, 11) is -3.76. The van der Waals surface area contributed by atoms with E-state index in [9.17, 15) is 22.9 Å². The van der Waals surface area contributed by atoms with Gasteiger partial charge in [0.1, 0.15) is 22.1 Å². The molecule has 29 heavy (non-hydrogen) atoms. The fourth-order valence-electron chi connectivity index (χ4n) is 2.55. The number of nitro benzene ring substituents is 1. The molecule has 1 aromatic heterocycles. The van der Waals surface area contributed by atoms with Crippen molar-refractivity contribution in [3.8, 4) is 11.6 Å². The molecule has 3 aromatic rings. The molecule has 0 aliphatic rings. The number of nitrogens with zero attached hydrogens (tertiary/aromatic N) is 2. The summed E-state index contributed by atoms with van der Waals surface area (Å²) < 4.78 is 42.0. The van der Waals surface area contributed by atoms with Gasteiger partial charge in [-0.1, -0.05) is 12.1 Å². The SMILES string of the molecule is CS(=O)(=O)c1cccc(NCc2ccc(Oc3ccc(F)cc3)nc2)c1[N+](=O)[O-]. The Labute approximate surface area is 166 Å². The molecule has 0 saturated heterocycles. The molecule has 0 radical (unpaired) electrons. The predicted molar refractivity (Wildman–Crippen MR) is 104 cm³/mol. The highest BCUT2D eigenvalue weighted by Crippen LogP contribution is 2.32. The first-order valence-corrected chi connectivity index (χ1v) is 10.2. The van der Waals surface area contributed by atoms with Gasteiger partial charge in [0, 0.05) is 25.1 Å². The first-order chi connectivity index (χ1) is 13.7. The van der Waals surface area contributed by atoms with Gasteiger partial charge in [0.2, 0.25) is 5.88 Å². The number of nitro groups is 1. The van der Waals surface area contributed by atoms with Crippen LogP contribution in [0, 0.1) is 15.9 Å². The zero-order valence-electron chi connectivity index (χ0n) is 15.2. The van der Waals surface area contributed by atoms with E-state index in [4.69, 9.17) is 4.74 Å². The van der Waals surface area contributed by atoms with Crippen LogP contribution in [0.3, 0.4) is 0 Å². The number of anilines is 1. The second kappa shape index (κ2) is 8.23. The van der Waals surface area contributed by atoms with Crippen LogP contribution < -0.4 is 10.1 Å². The lowest BCUT2D eigenvalue weighted by atomic mass is 10.2. The van der Waals surface area contributed by atoms with Crippen molar-refractivity contribution < 1.29 is 22.5 Å². The number of nitrogens with one attached hydrogen (secondary N) is 1. The first kappa shape index (κ1) is 20.2. The highest BCUT2D eigenvalue weighted by Gasteiger charge is 2.25. The van der Waals surface area contributed by atoms with E-state index in [1.54, 1.807) is 12.1 Å². The van der Waals surface area contributed by atoms with E-state index in [1.165, 1.54) is 48.7 Å². The number of aromatic nitrogens is 1. The van der Waals surface area contributed by atoms with Gasteiger partial charge in [-0.25, -0.2) is 17.8 Å². The number of ether oxygens (including phenoxy) is 1. The highest BCUT2D eigenvalue weighted by atomic mass is 32.2. The summed E-state index contributed by atoms with van der Waals surface area (Å²) in [6.07, 6.45) is 2.43. The average molecular weight is 417 g/mol. The second-order valence-corrected chi connectivity index (χ2v) is 8.08. The van der Waals surface area contributed by atoms with Crippen molar-refractivity contribution in [1.82, 2.24) is 4.98 Å². The van der Waals surface area contributed by atoms with Crippen molar-refractivity contribution in [3.05, 3.63) is 82.3 Å². The molecule has 0 unspecified atom stereocenters. The van der Waals surface area contributed by atoms with Crippen LogP contribution in [-0.4, -0.2) is 24.6 Å². The standard InChI is InChI=1S/C19H16FN3O5S/c1-29(26,27)17-4-2-3-16(19(17)23(24)25)21-11-13-5-10-18(22-12-13)28-15-8-6-14(20)7-9-15/h2-10,12,21H,11H2,1H3. The van der Waals surface area contributed by atoms with Gasteiger partial charge < -0.3 is 10.1 Å². The van der Waals surface area contributed by atoms with Gasteiger partial charge in [-0.2, -0.15) is 0 Å². The van der Waals surface area contributed by atoms with Crippen molar-refractivity contribution in [2.24, 2.45) is 0 Å². The zero-order valence-corrected chi connectivity index (χ0v) is 16.0. The molecule has 1 N–H and O–H groups in total. The summed E-state index contributed by atoms with van der Waals surface area (Å²) in [5.74, 6) is 0.351. The maximum absolute atomic E-state index is 12.9. The Balaban J connectivity index is 1.73. The van der Waals surface area contributed by atoms with Crippen molar-refractivity contribution in [2.75, 3.05) is 11.6 Å². The second-order valence-electron chi connectivity index (χ2n) is 6.10.